The van der Waals surface area contributed by atoms with E-state index in [2.05, 4.69) is 0 Å². The number of aliphatic hydroxyl groups is 2. The van der Waals surface area contributed by atoms with Gasteiger partial charge in [-0.15, -0.1) is 0 Å². The zero-order chi connectivity index (χ0) is 13.2. The third-order valence-electron chi connectivity index (χ3n) is 4.16. The van der Waals surface area contributed by atoms with Gasteiger partial charge in [0.2, 0.25) is 5.91 Å². The lowest BCUT2D eigenvalue weighted by molar-refractivity contribution is -0.139. The minimum atomic E-state index is -1.05. The van der Waals surface area contributed by atoms with E-state index in [-0.39, 0.29) is 31.9 Å². The van der Waals surface area contributed by atoms with Crippen molar-refractivity contribution in [2.75, 3.05) is 13.2 Å². The number of aliphatic hydroxyl groups excluding tert-OH is 1. The Morgan fingerprint density at radius 2 is 2.00 bits per heavy atom. The second-order valence-corrected chi connectivity index (χ2v) is 5.68. The predicted octanol–water partition coefficient (Wildman–Crippen LogP) is 1.00. The van der Waals surface area contributed by atoms with E-state index in [0.29, 0.717) is 12.8 Å². The highest BCUT2D eigenvalue weighted by Gasteiger charge is 2.39. The van der Waals surface area contributed by atoms with Crippen LogP contribution in [0, 0.1) is 0 Å². The topological polar surface area (TPSA) is 60.8 Å². The van der Waals surface area contributed by atoms with E-state index >= 15 is 0 Å². The SMILES string of the molecule is O=C(CC1(O)CCCCC1)N1C[C@@H](F)C[C@H]1CO. The fraction of sp³-hybridized carbons (Fsp3) is 0.923. The van der Waals surface area contributed by atoms with Crippen LogP contribution in [0.5, 0.6) is 0 Å². The van der Waals surface area contributed by atoms with Crippen molar-refractivity contribution < 1.29 is 19.4 Å². The minimum Gasteiger partial charge on any atom is -0.394 e. The molecule has 0 radical (unpaired) electrons. The minimum absolute atomic E-state index is 0.0557. The Morgan fingerprint density at radius 1 is 1.33 bits per heavy atom. The quantitative estimate of drug-likeness (QED) is 0.795. The van der Waals surface area contributed by atoms with E-state index < -0.39 is 17.8 Å². The molecule has 2 rings (SSSR count). The number of alkyl halides is 1. The van der Waals surface area contributed by atoms with Crippen molar-refractivity contribution in [3.05, 3.63) is 0 Å². The summed E-state index contributed by atoms with van der Waals surface area (Å²) < 4.78 is 13.3. The van der Waals surface area contributed by atoms with Crippen LogP contribution in [0.3, 0.4) is 0 Å². The van der Waals surface area contributed by atoms with Crippen molar-refractivity contribution in [2.24, 2.45) is 0 Å². The lowest BCUT2D eigenvalue weighted by Gasteiger charge is -2.34. The number of halogens is 1. The molecule has 0 bridgehead atoms. The predicted molar refractivity (Wildman–Crippen MR) is 64.8 cm³/mol. The monoisotopic (exact) mass is 259 g/mol. The fourth-order valence-electron chi connectivity index (χ4n) is 3.11. The van der Waals surface area contributed by atoms with Crippen LogP contribution in [0.25, 0.3) is 0 Å². The summed E-state index contributed by atoms with van der Waals surface area (Å²) in [5.41, 5.74) is -0.913. The third-order valence-corrected chi connectivity index (χ3v) is 4.16. The smallest absolute Gasteiger partial charge is 0.225 e. The number of rotatable bonds is 3. The van der Waals surface area contributed by atoms with Crippen LogP contribution in [0.4, 0.5) is 4.39 Å². The molecule has 0 unspecified atom stereocenters. The molecule has 5 heteroatoms. The van der Waals surface area contributed by atoms with Gasteiger partial charge in [0.1, 0.15) is 6.17 Å². The molecule has 1 amide bonds. The number of hydrogen-bond acceptors (Lipinski definition) is 3. The lowest BCUT2D eigenvalue weighted by Crippen LogP contribution is -2.43. The zero-order valence-electron chi connectivity index (χ0n) is 10.6. The number of likely N-dealkylation sites (tertiary alicyclic amines) is 1. The van der Waals surface area contributed by atoms with E-state index in [1.807, 2.05) is 0 Å². The summed E-state index contributed by atoms with van der Waals surface area (Å²) in [6.07, 6.45) is 3.51. The summed E-state index contributed by atoms with van der Waals surface area (Å²) in [7, 11) is 0. The van der Waals surface area contributed by atoms with Crippen molar-refractivity contribution in [3.63, 3.8) is 0 Å². The number of hydrogen-bond donors (Lipinski definition) is 2. The summed E-state index contributed by atoms with van der Waals surface area (Å²) in [4.78, 5) is 13.5. The molecule has 2 fully saturated rings. The first-order valence-corrected chi connectivity index (χ1v) is 6.81. The molecular weight excluding hydrogens is 237 g/mol. The van der Waals surface area contributed by atoms with Crippen LogP contribution in [0.2, 0.25) is 0 Å². The molecule has 0 spiro atoms. The number of carbonyl (C=O) groups excluding carboxylic acids is 1. The second kappa shape index (κ2) is 5.53. The summed E-state index contributed by atoms with van der Waals surface area (Å²) in [6, 6.07) is -0.417. The average Bonchev–Trinajstić information content (AvgIpc) is 2.71. The van der Waals surface area contributed by atoms with Crippen LogP contribution >= 0.6 is 0 Å². The molecule has 104 valence electrons. The van der Waals surface area contributed by atoms with Crippen molar-refractivity contribution in [1.82, 2.24) is 4.90 Å². The van der Waals surface area contributed by atoms with Crippen LogP contribution in [-0.2, 0) is 4.79 Å². The summed E-state index contributed by atoms with van der Waals surface area (Å²) in [6.45, 7) is -0.148. The highest BCUT2D eigenvalue weighted by Crippen LogP contribution is 2.32. The Labute approximate surface area is 107 Å². The van der Waals surface area contributed by atoms with E-state index in [9.17, 15) is 14.3 Å². The maximum Gasteiger partial charge on any atom is 0.225 e. The van der Waals surface area contributed by atoms with Crippen LogP contribution in [0.1, 0.15) is 44.9 Å². The van der Waals surface area contributed by atoms with Gasteiger partial charge in [-0.2, -0.15) is 0 Å². The lowest BCUT2D eigenvalue weighted by atomic mass is 9.82. The maximum atomic E-state index is 13.3. The first-order valence-electron chi connectivity index (χ1n) is 6.81. The van der Waals surface area contributed by atoms with Crippen molar-refractivity contribution in [2.45, 2.75) is 62.8 Å². The highest BCUT2D eigenvalue weighted by molar-refractivity contribution is 5.78. The number of nitrogens with zero attached hydrogens (tertiary/aromatic N) is 1. The molecule has 1 heterocycles. The van der Waals surface area contributed by atoms with Gasteiger partial charge in [0, 0.05) is 6.42 Å². The third kappa shape index (κ3) is 3.01. The first kappa shape index (κ1) is 13.7. The first-order chi connectivity index (χ1) is 8.54. The van der Waals surface area contributed by atoms with E-state index in [1.165, 1.54) is 4.90 Å². The standard InChI is InChI=1S/C13H22FNO3/c14-10-6-11(9-16)15(8-10)12(17)7-13(18)4-2-1-3-5-13/h10-11,16,18H,1-9H2/t10-,11-/m0/s1. The molecule has 1 aliphatic heterocycles. The molecule has 1 saturated carbocycles. The van der Waals surface area contributed by atoms with E-state index in [4.69, 9.17) is 5.11 Å². The van der Waals surface area contributed by atoms with Crippen molar-refractivity contribution >= 4 is 5.91 Å². The van der Waals surface area contributed by atoms with Crippen molar-refractivity contribution in [1.29, 1.82) is 0 Å². The molecule has 2 atom stereocenters. The van der Waals surface area contributed by atoms with Gasteiger partial charge in [-0.05, 0) is 12.8 Å². The molecule has 2 N–H and O–H groups in total. The zero-order valence-corrected chi connectivity index (χ0v) is 10.6. The van der Waals surface area contributed by atoms with Crippen LogP contribution in [-0.4, -0.2) is 52.0 Å². The van der Waals surface area contributed by atoms with Gasteiger partial charge in [0.25, 0.3) is 0 Å². The molecule has 0 aromatic carbocycles. The van der Waals surface area contributed by atoms with Gasteiger partial charge in [0.15, 0.2) is 0 Å². The van der Waals surface area contributed by atoms with E-state index in [1.54, 1.807) is 0 Å². The fourth-order valence-corrected chi connectivity index (χ4v) is 3.11. The van der Waals surface area contributed by atoms with Gasteiger partial charge < -0.3 is 15.1 Å². The molecular formula is C13H22FNO3. The number of carbonyl (C=O) groups is 1. The van der Waals surface area contributed by atoms with Gasteiger partial charge in [-0.1, -0.05) is 19.3 Å². The Bertz CT molecular complexity index is 305. The van der Waals surface area contributed by atoms with Crippen LogP contribution in [0.15, 0.2) is 0 Å². The average molecular weight is 259 g/mol. The Morgan fingerprint density at radius 3 is 2.61 bits per heavy atom. The second-order valence-electron chi connectivity index (χ2n) is 5.68. The summed E-state index contributed by atoms with van der Waals surface area (Å²) in [5.74, 6) is -0.224. The molecule has 0 aromatic rings. The van der Waals surface area contributed by atoms with Gasteiger partial charge in [-0.3, -0.25) is 4.79 Å². The van der Waals surface area contributed by atoms with Gasteiger partial charge >= 0.3 is 0 Å². The molecule has 18 heavy (non-hydrogen) atoms. The Balaban J connectivity index is 1.94. The molecule has 0 aromatic heterocycles. The number of amides is 1. The molecule has 1 aliphatic carbocycles. The van der Waals surface area contributed by atoms with E-state index in [0.717, 1.165) is 19.3 Å². The largest absolute Gasteiger partial charge is 0.394 e. The maximum absolute atomic E-state index is 13.3. The van der Waals surface area contributed by atoms with Gasteiger partial charge in [-0.25, -0.2) is 4.39 Å². The summed E-state index contributed by atoms with van der Waals surface area (Å²) >= 11 is 0. The molecule has 4 nitrogen and oxygen atoms in total. The van der Waals surface area contributed by atoms with Crippen molar-refractivity contribution in [3.8, 4) is 0 Å². The van der Waals surface area contributed by atoms with Crippen LogP contribution < -0.4 is 0 Å². The summed E-state index contributed by atoms with van der Waals surface area (Å²) in [5, 5.41) is 19.5. The molecule has 2 aliphatic rings. The van der Waals surface area contributed by atoms with Gasteiger partial charge in [0.05, 0.1) is 31.2 Å². The Hall–Kier alpha value is -0.680. The molecule has 1 saturated heterocycles. The highest BCUT2D eigenvalue weighted by atomic mass is 19.1. The Kier molecular flexibility index (Phi) is 4.22. The normalized spacial score (nSPS) is 31.6.